The van der Waals surface area contributed by atoms with Gasteiger partial charge >= 0.3 is 0 Å². The summed E-state index contributed by atoms with van der Waals surface area (Å²) in [6, 6.07) is 15.9. The second-order valence-electron chi connectivity index (χ2n) is 8.13. The van der Waals surface area contributed by atoms with Crippen molar-refractivity contribution in [2.24, 2.45) is 5.10 Å². The summed E-state index contributed by atoms with van der Waals surface area (Å²) in [6.07, 6.45) is 3.12. The van der Waals surface area contributed by atoms with Crippen LogP contribution in [0.2, 0.25) is 0 Å². The van der Waals surface area contributed by atoms with Gasteiger partial charge in [-0.25, -0.2) is 5.43 Å². The first-order chi connectivity index (χ1) is 18.8. The van der Waals surface area contributed by atoms with Gasteiger partial charge in [0.2, 0.25) is 0 Å². The number of hydrogen-bond donors (Lipinski definition) is 2. The van der Waals surface area contributed by atoms with Gasteiger partial charge in [-0.1, -0.05) is 24.8 Å². The van der Waals surface area contributed by atoms with Gasteiger partial charge in [-0.2, -0.15) is 5.10 Å². The Hall–Kier alpha value is -4.06. The highest BCUT2D eigenvalue weighted by Crippen LogP contribution is 2.34. The molecule has 0 saturated heterocycles. The van der Waals surface area contributed by atoms with Crippen molar-refractivity contribution in [2.75, 3.05) is 32.2 Å². The van der Waals surface area contributed by atoms with E-state index in [4.69, 9.17) is 18.9 Å². The summed E-state index contributed by atoms with van der Waals surface area (Å²) in [6.45, 7) is 7.95. The van der Waals surface area contributed by atoms with Crippen LogP contribution in [0.5, 0.6) is 23.0 Å². The lowest BCUT2D eigenvalue weighted by molar-refractivity contribution is -0.118. The molecule has 0 aliphatic rings. The van der Waals surface area contributed by atoms with Crippen molar-refractivity contribution in [2.45, 2.75) is 13.8 Å². The SMILES string of the molecule is C=CCOc1ccc(C(=O)N/N=C/c2cc(I)c(OCC(=O)Nc3cccc(C)c3)c(OCC)c2)cc1OC. The fourth-order valence-electron chi connectivity index (χ4n) is 3.43. The Morgan fingerprint density at radius 3 is 2.56 bits per heavy atom. The van der Waals surface area contributed by atoms with Crippen LogP contribution < -0.4 is 29.7 Å². The smallest absolute Gasteiger partial charge is 0.271 e. The summed E-state index contributed by atoms with van der Waals surface area (Å²) < 4.78 is 23.1. The molecule has 0 spiro atoms. The normalized spacial score (nSPS) is 10.6. The fraction of sp³-hybridized carbons (Fsp3) is 0.207. The number of carbonyl (C=O) groups excluding carboxylic acids is 2. The van der Waals surface area contributed by atoms with Crippen molar-refractivity contribution in [3.63, 3.8) is 0 Å². The maximum atomic E-state index is 12.6. The van der Waals surface area contributed by atoms with Gasteiger partial charge in [0.05, 0.1) is 23.5 Å². The fourth-order valence-corrected chi connectivity index (χ4v) is 4.21. The van der Waals surface area contributed by atoms with E-state index < -0.39 is 5.91 Å². The molecule has 0 heterocycles. The number of aryl methyl sites for hydroxylation is 1. The van der Waals surface area contributed by atoms with Crippen molar-refractivity contribution in [1.29, 1.82) is 0 Å². The highest BCUT2D eigenvalue weighted by atomic mass is 127. The van der Waals surface area contributed by atoms with Gasteiger partial charge in [0.1, 0.15) is 6.61 Å². The summed E-state index contributed by atoms with van der Waals surface area (Å²) in [7, 11) is 1.50. The molecular weight excluding hydrogens is 613 g/mol. The van der Waals surface area contributed by atoms with E-state index in [1.807, 2.05) is 38.1 Å². The maximum Gasteiger partial charge on any atom is 0.271 e. The van der Waals surface area contributed by atoms with E-state index in [9.17, 15) is 9.59 Å². The standard InChI is InChI=1S/C29H30IN3O6/c1-5-12-38-24-11-10-21(16-25(24)36-4)29(35)33-31-17-20-14-23(30)28(26(15-20)37-6-2)39-18-27(34)32-22-9-7-8-19(3)13-22/h5,7-11,13-17H,1,6,12,18H2,2-4H3,(H,32,34)(H,33,35)/b31-17+. The molecule has 0 saturated carbocycles. The van der Waals surface area contributed by atoms with Crippen LogP contribution in [-0.4, -0.2) is 45.0 Å². The average molecular weight is 643 g/mol. The Balaban J connectivity index is 1.66. The Labute approximate surface area is 241 Å². The number of halogens is 1. The van der Waals surface area contributed by atoms with Gasteiger partial charge in [-0.3, -0.25) is 9.59 Å². The monoisotopic (exact) mass is 643 g/mol. The number of anilines is 1. The first-order valence-corrected chi connectivity index (χ1v) is 13.1. The van der Waals surface area contributed by atoms with Crippen molar-refractivity contribution in [3.05, 3.63) is 87.5 Å². The third kappa shape index (κ3) is 8.74. The van der Waals surface area contributed by atoms with Gasteiger partial charge in [-0.05, 0) is 90.0 Å². The van der Waals surface area contributed by atoms with Crippen LogP contribution in [0.1, 0.15) is 28.4 Å². The molecule has 39 heavy (non-hydrogen) atoms. The first-order valence-electron chi connectivity index (χ1n) is 12.0. The molecule has 3 aromatic rings. The van der Waals surface area contributed by atoms with Gasteiger partial charge in [0.15, 0.2) is 29.6 Å². The number of ether oxygens (including phenoxy) is 4. The molecule has 9 nitrogen and oxygen atoms in total. The number of nitrogens with zero attached hydrogens (tertiary/aromatic N) is 1. The molecule has 10 heteroatoms. The minimum Gasteiger partial charge on any atom is -0.493 e. The molecule has 0 aromatic heterocycles. The predicted octanol–water partition coefficient (Wildman–Crippen LogP) is 5.35. The Morgan fingerprint density at radius 2 is 1.85 bits per heavy atom. The number of nitrogens with one attached hydrogen (secondary N) is 2. The first kappa shape index (κ1) is 29.5. The van der Waals surface area contributed by atoms with Crippen molar-refractivity contribution >= 4 is 46.3 Å². The zero-order valence-electron chi connectivity index (χ0n) is 22.0. The maximum absolute atomic E-state index is 12.6. The second kappa shape index (κ2) is 14.8. The zero-order chi connectivity index (χ0) is 28.2. The molecular formula is C29H30IN3O6. The summed E-state index contributed by atoms with van der Waals surface area (Å²) in [4.78, 5) is 25.0. The lowest BCUT2D eigenvalue weighted by atomic mass is 10.2. The van der Waals surface area contributed by atoms with Crippen LogP contribution in [0.3, 0.4) is 0 Å². The van der Waals surface area contributed by atoms with Crippen LogP contribution in [0.4, 0.5) is 5.69 Å². The number of hydrazone groups is 1. The van der Waals surface area contributed by atoms with Crippen LogP contribution >= 0.6 is 22.6 Å². The molecule has 3 rings (SSSR count). The van der Waals surface area contributed by atoms with Crippen molar-refractivity contribution in [3.8, 4) is 23.0 Å². The number of methoxy groups -OCH3 is 1. The van der Waals surface area contributed by atoms with E-state index in [-0.39, 0.29) is 12.5 Å². The second-order valence-corrected chi connectivity index (χ2v) is 9.30. The molecule has 0 unspecified atom stereocenters. The lowest BCUT2D eigenvalue weighted by Crippen LogP contribution is -2.20. The highest BCUT2D eigenvalue weighted by Gasteiger charge is 2.15. The van der Waals surface area contributed by atoms with Crippen LogP contribution in [-0.2, 0) is 4.79 Å². The summed E-state index contributed by atoms with van der Waals surface area (Å²) >= 11 is 2.10. The Bertz CT molecular complexity index is 1360. The molecule has 0 radical (unpaired) electrons. The summed E-state index contributed by atoms with van der Waals surface area (Å²) in [5, 5.41) is 6.89. The molecule has 2 amide bonds. The number of hydrogen-bond acceptors (Lipinski definition) is 7. The minimum atomic E-state index is -0.417. The van der Waals surface area contributed by atoms with Crippen LogP contribution in [0.25, 0.3) is 0 Å². The molecule has 0 fully saturated rings. The van der Waals surface area contributed by atoms with Gasteiger partial charge in [0, 0.05) is 11.3 Å². The average Bonchev–Trinajstić information content (AvgIpc) is 2.91. The van der Waals surface area contributed by atoms with Gasteiger partial charge in [0.25, 0.3) is 11.8 Å². The quantitative estimate of drug-likeness (QED) is 0.113. The largest absolute Gasteiger partial charge is 0.493 e. The number of carbonyl (C=O) groups is 2. The predicted molar refractivity (Wildman–Crippen MR) is 159 cm³/mol. The molecule has 3 aromatic carbocycles. The minimum absolute atomic E-state index is 0.186. The Morgan fingerprint density at radius 1 is 1.03 bits per heavy atom. The number of amides is 2. The van der Waals surface area contributed by atoms with E-state index in [1.54, 1.807) is 36.4 Å². The van der Waals surface area contributed by atoms with Crippen molar-refractivity contribution < 1.29 is 28.5 Å². The van der Waals surface area contributed by atoms with Crippen LogP contribution in [0, 0.1) is 10.5 Å². The van der Waals surface area contributed by atoms with E-state index >= 15 is 0 Å². The van der Waals surface area contributed by atoms with E-state index in [0.29, 0.717) is 53.0 Å². The lowest BCUT2D eigenvalue weighted by Gasteiger charge is -2.14. The van der Waals surface area contributed by atoms with E-state index in [0.717, 1.165) is 9.13 Å². The van der Waals surface area contributed by atoms with E-state index in [1.165, 1.54) is 13.3 Å². The third-order valence-electron chi connectivity index (χ3n) is 5.14. The van der Waals surface area contributed by atoms with Gasteiger partial charge < -0.3 is 24.3 Å². The van der Waals surface area contributed by atoms with Crippen molar-refractivity contribution in [1.82, 2.24) is 5.43 Å². The molecule has 0 atom stereocenters. The van der Waals surface area contributed by atoms with E-state index in [2.05, 4.69) is 45.0 Å². The van der Waals surface area contributed by atoms with Crippen LogP contribution in [0.15, 0.2) is 72.4 Å². The zero-order valence-corrected chi connectivity index (χ0v) is 24.1. The highest BCUT2D eigenvalue weighted by molar-refractivity contribution is 14.1. The molecule has 0 aliphatic carbocycles. The number of rotatable bonds is 13. The summed E-state index contributed by atoms with van der Waals surface area (Å²) in [5.41, 5.74) is 5.27. The molecule has 0 aliphatic heterocycles. The molecule has 0 bridgehead atoms. The number of benzene rings is 3. The topological polar surface area (TPSA) is 107 Å². The molecule has 2 N–H and O–H groups in total. The summed E-state index contributed by atoms with van der Waals surface area (Å²) in [5.74, 6) is 1.13. The van der Waals surface area contributed by atoms with Gasteiger partial charge in [-0.15, -0.1) is 0 Å². The third-order valence-corrected chi connectivity index (χ3v) is 5.94. The Kier molecular flexibility index (Phi) is 11.2. The molecule has 204 valence electrons.